The van der Waals surface area contributed by atoms with Gasteiger partial charge in [0.2, 0.25) is 0 Å². The van der Waals surface area contributed by atoms with Gasteiger partial charge in [-0.25, -0.2) is 9.79 Å². The summed E-state index contributed by atoms with van der Waals surface area (Å²) in [5, 5.41) is 3.79. The van der Waals surface area contributed by atoms with Crippen molar-refractivity contribution in [3.63, 3.8) is 0 Å². The Bertz CT molecular complexity index is 1170. The van der Waals surface area contributed by atoms with E-state index in [1.54, 1.807) is 36.6 Å². The summed E-state index contributed by atoms with van der Waals surface area (Å²) in [5.74, 6) is 0.0778. The lowest BCUT2D eigenvalue weighted by atomic mass is 9.96. The van der Waals surface area contributed by atoms with Gasteiger partial charge in [-0.05, 0) is 80.1 Å². The Morgan fingerprint density at radius 2 is 1.74 bits per heavy atom. The summed E-state index contributed by atoms with van der Waals surface area (Å²) in [6, 6.07) is 16.9. The molecule has 0 bridgehead atoms. The number of nitrogens with zero attached hydrogens (tertiary/aromatic N) is 1. The molecule has 0 fully saturated rings. The molecule has 1 aliphatic carbocycles. The first-order chi connectivity index (χ1) is 17.1. The number of amides is 1. The minimum absolute atomic E-state index is 0.107. The van der Waals surface area contributed by atoms with Gasteiger partial charge < -0.3 is 14.8 Å². The molecule has 0 radical (unpaired) electrons. The van der Waals surface area contributed by atoms with Gasteiger partial charge in [0.1, 0.15) is 10.8 Å². The Morgan fingerprint density at radius 1 is 1.00 bits per heavy atom. The first-order valence-corrected chi connectivity index (χ1v) is 12.9. The lowest BCUT2D eigenvalue weighted by molar-refractivity contribution is -0.145. The van der Waals surface area contributed by atoms with Crippen molar-refractivity contribution < 1.29 is 19.1 Å². The van der Waals surface area contributed by atoms with Crippen molar-refractivity contribution in [2.24, 2.45) is 4.99 Å². The molecule has 2 aromatic carbocycles. The lowest BCUT2D eigenvalue weighted by Crippen LogP contribution is -2.14. The van der Waals surface area contributed by atoms with Crippen molar-refractivity contribution in [2.45, 2.75) is 45.4 Å². The van der Waals surface area contributed by atoms with Gasteiger partial charge >= 0.3 is 5.97 Å². The van der Waals surface area contributed by atoms with Gasteiger partial charge in [0.25, 0.3) is 5.91 Å². The maximum atomic E-state index is 13.4. The maximum Gasteiger partial charge on any atom is 0.344 e. The minimum atomic E-state index is -0.396. The van der Waals surface area contributed by atoms with Crippen LogP contribution >= 0.6 is 11.3 Å². The fourth-order valence-corrected chi connectivity index (χ4v) is 5.30. The van der Waals surface area contributed by atoms with Crippen LogP contribution in [-0.2, 0) is 22.4 Å². The molecule has 35 heavy (non-hydrogen) atoms. The molecule has 0 saturated carbocycles. The van der Waals surface area contributed by atoms with E-state index in [0.717, 1.165) is 47.5 Å². The van der Waals surface area contributed by atoms with Gasteiger partial charge in [-0.3, -0.25) is 4.79 Å². The van der Waals surface area contributed by atoms with E-state index in [1.807, 2.05) is 42.5 Å². The third-order valence-electron chi connectivity index (χ3n) is 5.78. The van der Waals surface area contributed by atoms with Crippen molar-refractivity contribution in [1.82, 2.24) is 0 Å². The van der Waals surface area contributed by atoms with Crippen LogP contribution in [0.25, 0.3) is 0 Å². The lowest BCUT2D eigenvalue weighted by Gasteiger charge is -2.12. The Hall–Kier alpha value is -3.45. The van der Waals surface area contributed by atoms with E-state index in [1.165, 1.54) is 17.7 Å². The average Bonchev–Trinajstić information content (AvgIpc) is 3.19. The maximum absolute atomic E-state index is 13.4. The Balaban J connectivity index is 1.54. The van der Waals surface area contributed by atoms with Crippen molar-refractivity contribution in [2.75, 3.05) is 18.5 Å². The zero-order chi connectivity index (χ0) is 24.5. The molecule has 7 heteroatoms. The number of benzene rings is 2. The monoisotopic (exact) mass is 490 g/mol. The number of aryl methyl sites for hydroxylation is 1. The number of hydrogen-bond acceptors (Lipinski definition) is 6. The van der Waals surface area contributed by atoms with Gasteiger partial charge in [0.15, 0.2) is 6.61 Å². The highest BCUT2D eigenvalue weighted by Crippen LogP contribution is 2.39. The smallest absolute Gasteiger partial charge is 0.344 e. The van der Waals surface area contributed by atoms with Gasteiger partial charge in [0, 0.05) is 16.8 Å². The van der Waals surface area contributed by atoms with Crippen molar-refractivity contribution >= 4 is 40.1 Å². The molecule has 1 N–H and O–H groups in total. The van der Waals surface area contributed by atoms with Gasteiger partial charge in [0.05, 0.1) is 12.2 Å². The number of thiophene rings is 1. The fraction of sp³-hybridized carbons (Fsp3) is 0.321. The molecular formula is C28H30N2O4S. The number of para-hydroxylation sites is 1. The molecule has 0 atom stereocenters. The zero-order valence-electron chi connectivity index (χ0n) is 19.9. The summed E-state index contributed by atoms with van der Waals surface area (Å²) in [5.41, 5.74) is 3.50. The van der Waals surface area contributed by atoms with Crippen LogP contribution in [0.3, 0.4) is 0 Å². The number of aliphatic imine (C=N–C) groups is 1. The van der Waals surface area contributed by atoms with E-state index in [2.05, 4.69) is 5.32 Å². The molecule has 182 valence electrons. The predicted molar refractivity (Wildman–Crippen MR) is 140 cm³/mol. The van der Waals surface area contributed by atoms with Crippen molar-refractivity contribution in [1.29, 1.82) is 0 Å². The Kier molecular flexibility index (Phi) is 8.68. The zero-order valence-corrected chi connectivity index (χ0v) is 20.7. The standard InChI is InChI=1S/C28H30N2O4S/c1-2-33-25(31)19-34-22-16-14-20(15-17-22)18-29-28-26(27(32)30-21-10-6-5-7-11-21)23-12-8-3-4-9-13-24(23)35-28/h5-7,10-11,14-18H,2-4,8-9,12-13,19H2,1H3,(H,30,32). The van der Waals surface area contributed by atoms with E-state index in [0.29, 0.717) is 17.9 Å². The number of esters is 1. The molecule has 1 heterocycles. The first-order valence-electron chi connectivity index (χ1n) is 12.1. The number of carbonyl (C=O) groups is 2. The summed E-state index contributed by atoms with van der Waals surface area (Å²) in [4.78, 5) is 30.9. The number of rotatable bonds is 8. The van der Waals surface area contributed by atoms with E-state index >= 15 is 0 Å². The highest BCUT2D eigenvalue weighted by molar-refractivity contribution is 7.16. The van der Waals surface area contributed by atoms with Gasteiger partial charge in [-0.15, -0.1) is 11.3 Å². The van der Waals surface area contributed by atoms with E-state index in [4.69, 9.17) is 14.5 Å². The van der Waals surface area contributed by atoms with Crippen LogP contribution in [0.15, 0.2) is 59.6 Å². The van der Waals surface area contributed by atoms with Crippen LogP contribution in [0.5, 0.6) is 5.75 Å². The number of carbonyl (C=O) groups excluding carboxylic acids is 2. The average molecular weight is 491 g/mol. The number of hydrogen-bond donors (Lipinski definition) is 1. The number of fused-ring (bicyclic) bond motifs is 1. The molecule has 0 aliphatic heterocycles. The molecule has 1 aliphatic rings. The molecule has 4 rings (SSSR count). The molecule has 0 unspecified atom stereocenters. The third kappa shape index (κ3) is 6.79. The summed E-state index contributed by atoms with van der Waals surface area (Å²) in [7, 11) is 0. The van der Waals surface area contributed by atoms with Crippen molar-refractivity contribution in [3.8, 4) is 5.75 Å². The normalized spacial score (nSPS) is 13.5. The summed E-state index contributed by atoms with van der Waals surface area (Å²) < 4.78 is 10.3. The van der Waals surface area contributed by atoms with Crippen LogP contribution in [0.2, 0.25) is 0 Å². The quantitative estimate of drug-likeness (QED) is 0.295. The third-order valence-corrected chi connectivity index (χ3v) is 6.98. The molecule has 1 amide bonds. The Labute approximate surface area is 210 Å². The second-order valence-corrected chi connectivity index (χ2v) is 9.42. The number of nitrogens with one attached hydrogen (secondary N) is 1. The van der Waals surface area contributed by atoms with Crippen LogP contribution in [-0.4, -0.2) is 31.3 Å². The fourth-order valence-electron chi connectivity index (χ4n) is 4.07. The van der Waals surface area contributed by atoms with E-state index < -0.39 is 5.97 Å². The van der Waals surface area contributed by atoms with Crippen molar-refractivity contribution in [3.05, 3.63) is 76.2 Å². The number of anilines is 1. The highest BCUT2D eigenvalue weighted by atomic mass is 32.1. The van der Waals surface area contributed by atoms with E-state index in [-0.39, 0.29) is 12.5 Å². The van der Waals surface area contributed by atoms with Gasteiger partial charge in [-0.2, -0.15) is 0 Å². The molecule has 0 saturated heterocycles. The molecule has 3 aromatic rings. The predicted octanol–water partition coefficient (Wildman–Crippen LogP) is 6.35. The SMILES string of the molecule is CCOC(=O)COc1ccc(C=Nc2sc3c(c2C(=O)Nc2ccccc2)CCCCCC3)cc1. The molecule has 6 nitrogen and oxygen atoms in total. The topological polar surface area (TPSA) is 77.0 Å². The minimum Gasteiger partial charge on any atom is -0.482 e. The summed E-state index contributed by atoms with van der Waals surface area (Å²) >= 11 is 1.63. The van der Waals surface area contributed by atoms with Crippen LogP contribution in [0, 0.1) is 0 Å². The first kappa shape index (κ1) is 24.7. The van der Waals surface area contributed by atoms with Gasteiger partial charge in [-0.1, -0.05) is 31.0 Å². The highest BCUT2D eigenvalue weighted by Gasteiger charge is 2.24. The molecular weight excluding hydrogens is 460 g/mol. The molecule has 1 aromatic heterocycles. The van der Waals surface area contributed by atoms with Crippen LogP contribution in [0.1, 0.15) is 59.0 Å². The summed E-state index contributed by atoms with van der Waals surface area (Å²) in [6.07, 6.45) is 8.33. The second kappa shape index (κ2) is 12.3. The van der Waals surface area contributed by atoms with E-state index in [9.17, 15) is 9.59 Å². The largest absolute Gasteiger partial charge is 0.482 e. The second-order valence-electron chi connectivity index (χ2n) is 8.34. The Morgan fingerprint density at radius 3 is 2.49 bits per heavy atom. The van der Waals surface area contributed by atoms with Crippen LogP contribution in [0.4, 0.5) is 10.7 Å². The summed E-state index contributed by atoms with van der Waals surface area (Å²) in [6.45, 7) is 1.97. The molecule has 0 spiro atoms. The number of ether oxygens (including phenoxy) is 2. The van der Waals surface area contributed by atoms with Crippen LogP contribution < -0.4 is 10.1 Å².